The maximum atomic E-state index is 12.2. The Hall–Kier alpha value is -2.33. The first kappa shape index (κ1) is 14.6. The topological polar surface area (TPSA) is 53.5 Å². The van der Waals surface area contributed by atoms with Gasteiger partial charge in [0, 0.05) is 34.9 Å². The number of carbonyl (C=O) groups is 1. The minimum Gasteiger partial charge on any atom is -0.370 e. The van der Waals surface area contributed by atoms with E-state index in [0.29, 0.717) is 10.6 Å². The van der Waals surface area contributed by atoms with Gasteiger partial charge < -0.3 is 10.6 Å². The van der Waals surface area contributed by atoms with Crippen LogP contribution in [0.5, 0.6) is 0 Å². The lowest BCUT2D eigenvalue weighted by Crippen LogP contribution is -2.30. The molecule has 0 unspecified atom stereocenters. The third-order valence-electron chi connectivity index (χ3n) is 3.38. The van der Waals surface area contributed by atoms with Crippen LogP contribution < -0.4 is 10.6 Å². The molecular formula is C17H16ClN3O. The van der Waals surface area contributed by atoms with Gasteiger partial charge in [0.1, 0.15) is 5.84 Å². The van der Waals surface area contributed by atoms with Crippen molar-refractivity contribution in [2.24, 2.45) is 4.99 Å². The van der Waals surface area contributed by atoms with Crippen LogP contribution in [0.1, 0.15) is 22.3 Å². The van der Waals surface area contributed by atoms with Crippen LogP contribution in [-0.2, 0) is 0 Å². The Morgan fingerprint density at radius 3 is 2.82 bits per heavy atom. The Kier molecular flexibility index (Phi) is 4.39. The van der Waals surface area contributed by atoms with Crippen LogP contribution in [0.25, 0.3) is 0 Å². The molecule has 0 radical (unpaired) electrons. The Balaban J connectivity index is 1.78. The van der Waals surface area contributed by atoms with Crippen molar-refractivity contribution >= 4 is 29.0 Å². The van der Waals surface area contributed by atoms with Crippen molar-refractivity contribution in [2.45, 2.75) is 6.42 Å². The molecule has 4 nitrogen and oxygen atoms in total. The number of halogens is 1. The molecule has 5 heteroatoms. The van der Waals surface area contributed by atoms with Gasteiger partial charge in [0.25, 0.3) is 5.91 Å². The highest BCUT2D eigenvalue weighted by Gasteiger charge is 2.10. The smallest absolute Gasteiger partial charge is 0.255 e. The molecular weight excluding hydrogens is 298 g/mol. The van der Waals surface area contributed by atoms with Gasteiger partial charge in [-0.1, -0.05) is 29.8 Å². The second kappa shape index (κ2) is 6.62. The first-order valence-electron chi connectivity index (χ1n) is 7.18. The molecule has 3 rings (SSSR count). The molecule has 0 fully saturated rings. The molecule has 0 bridgehead atoms. The summed E-state index contributed by atoms with van der Waals surface area (Å²) in [5.41, 5.74) is 2.24. The number of aliphatic imine (C=N–C) groups is 1. The Morgan fingerprint density at radius 1 is 1.18 bits per heavy atom. The highest BCUT2D eigenvalue weighted by atomic mass is 35.5. The highest BCUT2D eigenvalue weighted by Crippen LogP contribution is 2.15. The molecule has 0 saturated heterocycles. The van der Waals surface area contributed by atoms with Crippen LogP contribution in [0.15, 0.2) is 53.5 Å². The Bertz CT molecular complexity index is 727. The maximum Gasteiger partial charge on any atom is 0.255 e. The van der Waals surface area contributed by atoms with Gasteiger partial charge in [0.15, 0.2) is 0 Å². The Labute approximate surface area is 134 Å². The van der Waals surface area contributed by atoms with Crippen LogP contribution >= 0.6 is 11.6 Å². The fourth-order valence-electron chi connectivity index (χ4n) is 2.30. The standard InChI is InChI=1S/C17H16ClN3O/c18-14-6-1-5-13(10-14)17(22)21-15-7-2-4-12(11-15)16-19-8-3-9-20-16/h1-2,4-7,10-11H,3,8-9H2,(H,19,20)(H,21,22). The van der Waals surface area contributed by atoms with E-state index in [-0.39, 0.29) is 5.91 Å². The van der Waals surface area contributed by atoms with Crippen molar-refractivity contribution in [3.05, 3.63) is 64.7 Å². The van der Waals surface area contributed by atoms with Gasteiger partial charge in [-0.3, -0.25) is 9.79 Å². The van der Waals surface area contributed by atoms with E-state index in [1.54, 1.807) is 24.3 Å². The van der Waals surface area contributed by atoms with E-state index in [2.05, 4.69) is 15.6 Å². The SMILES string of the molecule is O=C(Nc1cccc(C2=NCCCN2)c1)c1cccc(Cl)c1. The molecule has 1 aliphatic rings. The van der Waals surface area contributed by atoms with E-state index in [1.165, 1.54) is 0 Å². The lowest BCUT2D eigenvalue weighted by Gasteiger charge is -2.15. The van der Waals surface area contributed by atoms with E-state index in [9.17, 15) is 4.79 Å². The van der Waals surface area contributed by atoms with Crippen LogP contribution in [0.2, 0.25) is 5.02 Å². The first-order chi connectivity index (χ1) is 10.7. The maximum absolute atomic E-state index is 12.2. The minimum absolute atomic E-state index is 0.182. The van der Waals surface area contributed by atoms with Crippen molar-refractivity contribution in [3.63, 3.8) is 0 Å². The number of rotatable bonds is 3. The third-order valence-corrected chi connectivity index (χ3v) is 3.61. The summed E-state index contributed by atoms with van der Waals surface area (Å²) in [7, 11) is 0. The number of amidine groups is 1. The average molecular weight is 314 g/mol. The summed E-state index contributed by atoms with van der Waals surface area (Å²) in [6.07, 6.45) is 1.05. The van der Waals surface area contributed by atoms with Crippen molar-refractivity contribution in [2.75, 3.05) is 18.4 Å². The number of amides is 1. The van der Waals surface area contributed by atoms with Crippen molar-refractivity contribution in [3.8, 4) is 0 Å². The van der Waals surface area contributed by atoms with Gasteiger partial charge in [-0.05, 0) is 36.8 Å². The second-order valence-electron chi connectivity index (χ2n) is 5.06. The summed E-state index contributed by atoms with van der Waals surface area (Å²) in [5, 5.41) is 6.70. The molecule has 0 atom stereocenters. The lowest BCUT2D eigenvalue weighted by molar-refractivity contribution is 0.102. The monoisotopic (exact) mass is 313 g/mol. The second-order valence-corrected chi connectivity index (χ2v) is 5.49. The van der Waals surface area contributed by atoms with Crippen molar-refractivity contribution in [1.82, 2.24) is 5.32 Å². The van der Waals surface area contributed by atoms with Crippen LogP contribution in [-0.4, -0.2) is 24.8 Å². The van der Waals surface area contributed by atoms with Gasteiger partial charge in [-0.15, -0.1) is 0 Å². The van der Waals surface area contributed by atoms with Gasteiger partial charge in [-0.25, -0.2) is 0 Å². The van der Waals surface area contributed by atoms with Gasteiger partial charge in [0.05, 0.1) is 0 Å². The summed E-state index contributed by atoms with van der Waals surface area (Å²) < 4.78 is 0. The molecule has 0 aromatic heterocycles. The fraction of sp³-hybridized carbons (Fsp3) is 0.176. The van der Waals surface area contributed by atoms with E-state index in [0.717, 1.165) is 36.6 Å². The summed E-state index contributed by atoms with van der Waals surface area (Å²) in [5.74, 6) is 0.697. The zero-order valence-electron chi connectivity index (χ0n) is 12.0. The number of hydrogen-bond donors (Lipinski definition) is 2. The summed E-state index contributed by atoms with van der Waals surface area (Å²) in [4.78, 5) is 16.7. The predicted octanol–water partition coefficient (Wildman–Crippen LogP) is 3.33. The summed E-state index contributed by atoms with van der Waals surface area (Å²) in [6.45, 7) is 1.76. The number of anilines is 1. The van der Waals surface area contributed by atoms with Crippen LogP contribution in [0, 0.1) is 0 Å². The number of carbonyl (C=O) groups excluding carboxylic acids is 1. The van der Waals surface area contributed by atoms with E-state index in [4.69, 9.17) is 11.6 Å². The van der Waals surface area contributed by atoms with E-state index in [1.807, 2.05) is 24.3 Å². The van der Waals surface area contributed by atoms with Gasteiger partial charge in [-0.2, -0.15) is 0 Å². The van der Waals surface area contributed by atoms with Gasteiger partial charge in [0.2, 0.25) is 0 Å². The first-order valence-corrected chi connectivity index (χ1v) is 7.56. The predicted molar refractivity (Wildman–Crippen MR) is 89.9 cm³/mol. The summed E-state index contributed by atoms with van der Waals surface area (Å²) in [6, 6.07) is 14.5. The molecule has 2 aromatic carbocycles. The summed E-state index contributed by atoms with van der Waals surface area (Å²) >= 11 is 5.91. The molecule has 22 heavy (non-hydrogen) atoms. The third kappa shape index (κ3) is 3.46. The Morgan fingerprint density at radius 2 is 2.05 bits per heavy atom. The number of benzene rings is 2. The molecule has 1 heterocycles. The van der Waals surface area contributed by atoms with Crippen molar-refractivity contribution in [1.29, 1.82) is 0 Å². The number of nitrogens with one attached hydrogen (secondary N) is 2. The van der Waals surface area contributed by atoms with Crippen LogP contribution in [0.3, 0.4) is 0 Å². The highest BCUT2D eigenvalue weighted by molar-refractivity contribution is 6.31. The molecule has 0 spiro atoms. The van der Waals surface area contributed by atoms with Gasteiger partial charge >= 0.3 is 0 Å². The molecule has 2 aromatic rings. The zero-order chi connectivity index (χ0) is 15.4. The molecule has 2 N–H and O–H groups in total. The quantitative estimate of drug-likeness (QED) is 0.913. The molecule has 0 aliphatic carbocycles. The zero-order valence-corrected chi connectivity index (χ0v) is 12.7. The normalized spacial score (nSPS) is 14.0. The van der Waals surface area contributed by atoms with E-state index >= 15 is 0 Å². The minimum atomic E-state index is -0.182. The fourth-order valence-corrected chi connectivity index (χ4v) is 2.49. The van der Waals surface area contributed by atoms with Crippen LogP contribution in [0.4, 0.5) is 5.69 Å². The largest absolute Gasteiger partial charge is 0.370 e. The molecule has 1 aliphatic heterocycles. The lowest BCUT2D eigenvalue weighted by atomic mass is 10.1. The van der Waals surface area contributed by atoms with Crippen molar-refractivity contribution < 1.29 is 4.79 Å². The average Bonchev–Trinajstić information content (AvgIpc) is 2.56. The molecule has 0 saturated carbocycles. The number of nitrogens with zero attached hydrogens (tertiary/aromatic N) is 1. The van der Waals surface area contributed by atoms with E-state index < -0.39 is 0 Å². The number of hydrogen-bond acceptors (Lipinski definition) is 3. The molecule has 112 valence electrons. The molecule has 1 amide bonds.